The highest BCUT2D eigenvalue weighted by Crippen LogP contribution is 2.37. The van der Waals surface area contributed by atoms with Gasteiger partial charge in [0.25, 0.3) is 0 Å². The normalized spacial score (nSPS) is 10.3. The van der Waals surface area contributed by atoms with Gasteiger partial charge in [-0.15, -0.1) is 0 Å². The van der Waals surface area contributed by atoms with Crippen LogP contribution < -0.4 is 20.9 Å². The number of Topliss-reactive ketones (excluding diaryl/α,β-unsaturated/α-hetero) is 1. The van der Waals surface area contributed by atoms with Crippen molar-refractivity contribution in [3.05, 3.63) is 23.9 Å². The van der Waals surface area contributed by atoms with E-state index in [0.29, 0.717) is 34.6 Å². The molecule has 0 aliphatic heterocycles. The molecule has 0 saturated carbocycles. The average molecular weight is 302 g/mol. The molecular formula is C15H18N4O3. The molecule has 0 atom stereocenters. The second kappa shape index (κ2) is 6.30. The third kappa shape index (κ3) is 2.78. The highest BCUT2D eigenvalue weighted by atomic mass is 16.5. The number of rotatable bonds is 5. The van der Waals surface area contributed by atoms with Crippen LogP contribution in [0.4, 0.5) is 11.8 Å². The third-order valence-corrected chi connectivity index (χ3v) is 3.25. The van der Waals surface area contributed by atoms with Crippen LogP contribution in [-0.2, 0) is 0 Å². The number of nitrogens with two attached hydrogens (primary N) is 2. The number of carbonyl (C=O) groups is 1. The minimum Gasteiger partial charge on any atom is -0.496 e. The highest BCUT2D eigenvalue weighted by molar-refractivity contribution is 6.02. The van der Waals surface area contributed by atoms with Gasteiger partial charge in [-0.25, -0.2) is 4.98 Å². The van der Waals surface area contributed by atoms with Crippen molar-refractivity contribution in [1.29, 1.82) is 0 Å². The highest BCUT2D eigenvalue weighted by Gasteiger charge is 2.20. The number of anilines is 2. The van der Waals surface area contributed by atoms with Crippen molar-refractivity contribution in [2.45, 2.75) is 13.3 Å². The number of methoxy groups -OCH3 is 2. The Kier molecular flexibility index (Phi) is 4.45. The molecule has 0 unspecified atom stereocenters. The lowest BCUT2D eigenvalue weighted by Crippen LogP contribution is -2.05. The van der Waals surface area contributed by atoms with Crippen LogP contribution in [-0.4, -0.2) is 30.0 Å². The number of hydrogen-bond donors (Lipinski definition) is 2. The molecule has 0 bridgehead atoms. The molecule has 7 heteroatoms. The van der Waals surface area contributed by atoms with E-state index >= 15 is 0 Å². The van der Waals surface area contributed by atoms with Gasteiger partial charge in [0.1, 0.15) is 22.9 Å². The first-order valence-electron chi connectivity index (χ1n) is 6.69. The number of hydrogen-bond acceptors (Lipinski definition) is 7. The van der Waals surface area contributed by atoms with Crippen molar-refractivity contribution in [1.82, 2.24) is 9.97 Å². The number of nitrogen functional groups attached to an aromatic ring is 2. The predicted octanol–water partition coefficient (Wildman–Crippen LogP) is 1.92. The van der Waals surface area contributed by atoms with Crippen molar-refractivity contribution in [3.63, 3.8) is 0 Å². The summed E-state index contributed by atoms with van der Waals surface area (Å²) in [4.78, 5) is 20.0. The van der Waals surface area contributed by atoms with E-state index in [1.807, 2.05) is 0 Å². The molecule has 2 rings (SSSR count). The van der Waals surface area contributed by atoms with Crippen molar-refractivity contribution >= 4 is 17.5 Å². The summed E-state index contributed by atoms with van der Waals surface area (Å²) in [7, 11) is 2.99. The molecule has 2 aromatic rings. The van der Waals surface area contributed by atoms with Gasteiger partial charge in [0.05, 0.1) is 14.2 Å². The lowest BCUT2D eigenvalue weighted by molar-refractivity contribution is 0.0982. The minimum atomic E-state index is -0.0678. The Hall–Kier alpha value is -2.83. The van der Waals surface area contributed by atoms with Gasteiger partial charge in [0.2, 0.25) is 5.95 Å². The summed E-state index contributed by atoms with van der Waals surface area (Å²) in [5.74, 6) is 1.10. The molecule has 1 aromatic heterocycles. The topological polar surface area (TPSA) is 113 Å². The Morgan fingerprint density at radius 1 is 1.18 bits per heavy atom. The molecule has 0 saturated heterocycles. The van der Waals surface area contributed by atoms with Crippen molar-refractivity contribution in [2.24, 2.45) is 0 Å². The van der Waals surface area contributed by atoms with E-state index in [1.54, 1.807) is 19.1 Å². The fourth-order valence-electron chi connectivity index (χ4n) is 2.15. The molecule has 0 fully saturated rings. The quantitative estimate of drug-likeness (QED) is 0.811. The summed E-state index contributed by atoms with van der Waals surface area (Å²) in [6.45, 7) is 1.78. The number of ether oxygens (including phenoxy) is 2. The van der Waals surface area contributed by atoms with Crippen LogP contribution in [0.15, 0.2) is 18.3 Å². The first-order valence-corrected chi connectivity index (χ1v) is 6.69. The molecule has 116 valence electrons. The van der Waals surface area contributed by atoms with E-state index in [-0.39, 0.29) is 17.5 Å². The van der Waals surface area contributed by atoms with Crippen LogP contribution in [0.2, 0.25) is 0 Å². The first-order chi connectivity index (χ1) is 10.5. The number of nitrogens with zero attached hydrogens (tertiary/aromatic N) is 2. The van der Waals surface area contributed by atoms with Gasteiger partial charge < -0.3 is 20.9 Å². The monoisotopic (exact) mass is 302 g/mol. The van der Waals surface area contributed by atoms with Gasteiger partial charge in [-0.3, -0.25) is 4.79 Å². The van der Waals surface area contributed by atoms with Crippen LogP contribution in [0.25, 0.3) is 11.1 Å². The lowest BCUT2D eigenvalue weighted by Gasteiger charge is -2.15. The standard InChI is InChI=1S/C15H18N4O3/c1-4-10(20)13-11(21-2)5-8(6-12(13)22-3)9-7-18-15(17)19-14(9)16/h5-7H,4H2,1-3H3,(H4,16,17,18,19). The largest absolute Gasteiger partial charge is 0.496 e. The summed E-state index contributed by atoms with van der Waals surface area (Å²) in [5.41, 5.74) is 13.1. The molecular weight excluding hydrogens is 284 g/mol. The third-order valence-electron chi connectivity index (χ3n) is 3.25. The maximum atomic E-state index is 12.1. The van der Waals surface area contributed by atoms with E-state index in [0.717, 1.165) is 0 Å². The van der Waals surface area contributed by atoms with Crippen LogP contribution in [0, 0.1) is 0 Å². The molecule has 0 spiro atoms. The number of carbonyl (C=O) groups excluding carboxylic acids is 1. The van der Waals surface area contributed by atoms with Crippen molar-refractivity contribution < 1.29 is 14.3 Å². The molecule has 0 amide bonds. The molecule has 4 N–H and O–H groups in total. The first kappa shape index (κ1) is 15.6. The summed E-state index contributed by atoms with van der Waals surface area (Å²) in [6, 6.07) is 3.41. The van der Waals surface area contributed by atoms with Crippen molar-refractivity contribution in [2.75, 3.05) is 25.7 Å². The molecule has 7 nitrogen and oxygen atoms in total. The summed E-state index contributed by atoms with van der Waals surface area (Å²) < 4.78 is 10.7. The number of benzene rings is 1. The van der Waals surface area contributed by atoms with Gasteiger partial charge >= 0.3 is 0 Å². The molecule has 0 aliphatic rings. The van der Waals surface area contributed by atoms with Crippen LogP contribution >= 0.6 is 0 Å². The Labute approximate surface area is 128 Å². The lowest BCUT2D eigenvalue weighted by atomic mass is 10.00. The van der Waals surface area contributed by atoms with Crippen molar-refractivity contribution in [3.8, 4) is 22.6 Å². The molecule has 22 heavy (non-hydrogen) atoms. The predicted molar refractivity (Wildman–Crippen MR) is 84.0 cm³/mol. The maximum absolute atomic E-state index is 12.1. The van der Waals surface area contributed by atoms with E-state index in [4.69, 9.17) is 20.9 Å². The molecule has 1 heterocycles. The average Bonchev–Trinajstić information content (AvgIpc) is 2.52. The van der Waals surface area contributed by atoms with Crippen LogP contribution in [0.1, 0.15) is 23.7 Å². The van der Waals surface area contributed by atoms with Crippen LogP contribution in [0.3, 0.4) is 0 Å². The molecule has 0 aliphatic carbocycles. The van der Waals surface area contributed by atoms with Gasteiger partial charge in [-0.1, -0.05) is 6.92 Å². The maximum Gasteiger partial charge on any atom is 0.221 e. The summed E-state index contributed by atoms with van der Waals surface area (Å²) in [5, 5.41) is 0. The Morgan fingerprint density at radius 3 is 2.23 bits per heavy atom. The second-order valence-corrected chi connectivity index (χ2v) is 4.56. The zero-order valence-corrected chi connectivity index (χ0v) is 12.7. The fraction of sp³-hybridized carbons (Fsp3) is 0.267. The zero-order chi connectivity index (χ0) is 16.3. The fourth-order valence-corrected chi connectivity index (χ4v) is 2.15. The Balaban J connectivity index is 2.66. The summed E-state index contributed by atoms with van der Waals surface area (Å²) >= 11 is 0. The smallest absolute Gasteiger partial charge is 0.221 e. The van der Waals surface area contributed by atoms with E-state index < -0.39 is 0 Å². The van der Waals surface area contributed by atoms with Gasteiger partial charge in [0.15, 0.2) is 5.78 Å². The van der Waals surface area contributed by atoms with E-state index in [1.165, 1.54) is 20.4 Å². The van der Waals surface area contributed by atoms with E-state index in [2.05, 4.69) is 9.97 Å². The molecule has 0 radical (unpaired) electrons. The van der Waals surface area contributed by atoms with Gasteiger partial charge in [-0.2, -0.15) is 4.98 Å². The number of aromatic nitrogens is 2. The SMILES string of the molecule is CCC(=O)c1c(OC)cc(-c2cnc(N)nc2N)cc1OC. The Morgan fingerprint density at radius 2 is 1.77 bits per heavy atom. The van der Waals surface area contributed by atoms with E-state index in [9.17, 15) is 4.79 Å². The van der Waals surface area contributed by atoms with Crippen LogP contribution in [0.5, 0.6) is 11.5 Å². The Bertz CT molecular complexity index is 691. The summed E-state index contributed by atoms with van der Waals surface area (Å²) in [6.07, 6.45) is 1.87. The van der Waals surface area contributed by atoms with Gasteiger partial charge in [0, 0.05) is 18.2 Å². The zero-order valence-electron chi connectivity index (χ0n) is 12.7. The molecule has 1 aromatic carbocycles. The second-order valence-electron chi connectivity index (χ2n) is 4.56. The minimum absolute atomic E-state index is 0.0678. The number of ketones is 1. The van der Waals surface area contributed by atoms with Gasteiger partial charge in [-0.05, 0) is 17.7 Å².